The molecule has 3 N–H and O–H groups in total. The van der Waals surface area contributed by atoms with E-state index in [2.05, 4.69) is 5.32 Å². The van der Waals surface area contributed by atoms with Crippen LogP contribution in [0.5, 0.6) is 0 Å². The molecule has 1 rings (SSSR count). The molecule has 6 nitrogen and oxygen atoms in total. The molecule has 0 aliphatic carbocycles. The summed E-state index contributed by atoms with van der Waals surface area (Å²) in [7, 11) is 0. The molecular weight excluding hydrogens is 270 g/mol. The summed E-state index contributed by atoms with van der Waals surface area (Å²) in [5, 5.41) is 2.74. The number of nitrogens with zero attached hydrogens (tertiary/aromatic N) is 1. The topological polar surface area (TPSA) is 84.7 Å². The minimum absolute atomic E-state index is 0.0831. The van der Waals surface area contributed by atoms with Crippen LogP contribution in [0.4, 0.5) is 11.4 Å². The van der Waals surface area contributed by atoms with Crippen molar-refractivity contribution >= 4 is 23.3 Å². The van der Waals surface area contributed by atoms with Crippen LogP contribution in [-0.2, 0) is 9.53 Å². The molecule has 0 saturated heterocycles. The molecule has 0 aliphatic rings. The number of ether oxygens (including phenoxy) is 1. The van der Waals surface area contributed by atoms with E-state index in [-0.39, 0.29) is 12.5 Å². The third-order valence-electron chi connectivity index (χ3n) is 3.01. The fraction of sp³-hybridized carbons (Fsp3) is 0.467. The average Bonchev–Trinajstić information content (AvgIpc) is 2.46. The molecule has 0 bridgehead atoms. The lowest BCUT2D eigenvalue weighted by atomic mass is 10.1. The number of benzene rings is 1. The van der Waals surface area contributed by atoms with Crippen LogP contribution in [0.3, 0.4) is 0 Å². The maximum absolute atomic E-state index is 11.9. The second kappa shape index (κ2) is 8.14. The van der Waals surface area contributed by atoms with Gasteiger partial charge in [-0.3, -0.25) is 4.79 Å². The Morgan fingerprint density at radius 2 is 2.00 bits per heavy atom. The predicted octanol–water partition coefficient (Wildman–Crippen LogP) is 1.41. The lowest BCUT2D eigenvalue weighted by Crippen LogP contribution is -2.37. The molecule has 0 unspecified atom stereocenters. The van der Waals surface area contributed by atoms with Crippen LogP contribution in [0.1, 0.15) is 31.1 Å². The number of rotatable bonds is 7. The van der Waals surface area contributed by atoms with E-state index in [0.717, 1.165) is 0 Å². The normalized spacial score (nSPS) is 10.0. The van der Waals surface area contributed by atoms with E-state index in [0.29, 0.717) is 36.6 Å². The van der Waals surface area contributed by atoms with Gasteiger partial charge < -0.3 is 20.7 Å². The number of para-hydroxylation sites is 1. The summed E-state index contributed by atoms with van der Waals surface area (Å²) >= 11 is 0. The van der Waals surface area contributed by atoms with Gasteiger partial charge in [0.05, 0.1) is 30.1 Å². The molecule has 21 heavy (non-hydrogen) atoms. The van der Waals surface area contributed by atoms with Gasteiger partial charge in [-0.15, -0.1) is 0 Å². The lowest BCUT2D eigenvalue weighted by molar-refractivity contribution is -0.119. The van der Waals surface area contributed by atoms with Crippen LogP contribution in [0.2, 0.25) is 0 Å². The van der Waals surface area contributed by atoms with Crippen LogP contribution in [0.25, 0.3) is 0 Å². The van der Waals surface area contributed by atoms with Crippen molar-refractivity contribution in [2.45, 2.75) is 20.8 Å². The van der Waals surface area contributed by atoms with E-state index in [1.54, 1.807) is 25.1 Å². The minimum Gasteiger partial charge on any atom is -0.462 e. The van der Waals surface area contributed by atoms with Gasteiger partial charge in [-0.25, -0.2) is 4.79 Å². The third-order valence-corrected chi connectivity index (χ3v) is 3.01. The minimum atomic E-state index is -0.453. The van der Waals surface area contributed by atoms with Gasteiger partial charge in [-0.05, 0) is 32.9 Å². The van der Waals surface area contributed by atoms with E-state index in [9.17, 15) is 9.59 Å². The number of amides is 1. The SMILES string of the molecule is CCNC(=O)CN(CC)c1cccc(C(=O)OCC)c1N. The van der Waals surface area contributed by atoms with Gasteiger partial charge in [0.2, 0.25) is 5.91 Å². The first-order valence-corrected chi connectivity index (χ1v) is 7.12. The number of anilines is 2. The van der Waals surface area contributed by atoms with Crippen molar-refractivity contribution in [3.63, 3.8) is 0 Å². The van der Waals surface area contributed by atoms with Crippen LogP contribution in [0.15, 0.2) is 18.2 Å². The van der Waals surface area contributed by atoms with Gasteiger partial charge in [0.25, 0.3) is 0 Å². The summed E-state index contributed by atoms with van der Waals surface area (Å²) in [6.45, 7) is 7.20. The zero-order valence-electron chi connectivity index (χ0n) is 12.8. The average molecular weight is 293 g/mol. The monoisotopic (exact) mass is 293 g/mol. The molecule has 1 amide bonds. The predicted molar refractivity (Wildman–Crippen MR) is 83.4 cm³/mol. The van der Waals surface area contributed by atoms with Gasteiger partial charge in [-0.1, -0.05) is 6.07 Å². The zero-order valence-corrected chi connectivity index (χ0v) is 12.8. The highest BCUT2D eigenvalue weighted by atomic mass is 16.5. The number of hydrogen-bond donors (Lipinski definition) is 2. The molecule has 0 saturated carbocycles. The third kappa shape index (κ3) is 4.37. The quantitative estimate of drug-likeness (QED) is 0.586. The number of nitrogens with one attached hydrogen (secondary N) is 1. The molecule has 0 aliphatic heterocycles. The van der Waals surface area contributed by atoms with Gasteiger partial charge in [0.15, 0.2) is 0 Å². The first-order chi connectivity index (χ1) is 10.0. The highest BCUT2D eigenvalue weighted by Crippen LogP contribution is 2.27. The Morgan fingerprint density at radius 1 is 1.29 bits per heavy atom. The highest BCUT2D eigenvalue weighted by molar-refractivity contribution is 5.99. The number of likely N-dealkylation sites (N-methyl/N-ethyl adjacent to an activating group) is 2. The van der Waals surface area contributed by atoms with Crippen molar-refractivity contribution in [3.8, 4) is 0 Å². The number of esters is 1. The Hall–Kier alpha value is -2.24. The van der Waals surface area contributed by atoms with Crippen molar-refractivity contribution in [1.82, 2.24) is 5.32 Å². The Labute approximate surface area is 125 Å². The van der Waals surface area contributed by atoms with E-state index in [4.69, 9.17) is 10.5 Å². The molecule has 116 valence electrons. The van der Waals surface area contributed by atoms with Crippen LogP contribution >= 0.6 is 0 Å². The Bertz CT molecular complexity index is 503. The summed E-state index contributed by atoms with van der Waals surface area (Å²) in [4.78, 5) is 25.4. The molecule has 0 atom stereocenters. The molecule has 1 aromatic carbocycles. The second-order valence-electron chi connectivity index (χ2n) is 4.43. The van der Waals surface area contributed by atoms with Gasteiger partial charge in [0.1, 0.15) is 0 Å². The smallest absolute Gasteiger partial charge is 0.340 e. The number of hydrogen-bond acceptors (Lipinski definition) is 5. The van der Waals surface area contributed by atoms with Crippen molar-refractivity contribution in [2.75, 3.05) is 36.9 Å². The molecule has 1 aromatic rings. The fourth-order valence-electron chi connectivity index (χ4n) is 2.01. The summed E-state index contributed by atoms with van der Waals surface area (Å²) in [5.41, 5.74) is 7.39. The molecule has 0 fully saturated rings. The van der Waals surface area contributed by atoms with Crippen molar-refractivity contribution in [1.29, 1.82) is 0 Å². The van der Waals surface area contributed by atoms with E-state index in [1.807, 2.05) is 18.7 Å². The maximum Gasteiger partial charge on any atom is 0.340 e. The summed E-state index contributed by atoms with van der Waals surface area (Å²) in [5.74, 6) is -0.536. The van der Waals surface area contributed by atoms with Crippen LogP contribution < -0.4 is 16.0 Å². The Morgan fingerprint density at radius 3 is 2.57 bits per heavy atom. The zero-order chi connectivity index (χ0) is 15.8. The van der Waals surface area contributed by atoms with Crippen molar-refractivity contribution in [2.24, 2.45) is 0 Å². The number of nitrogen functional groups attached to an aromatic ring is 1. The number of nitrogens with two attached hydrogens (primary N) is 1. The summed E-state index contributed by atoms with van der Waals surface area (Å²) < 4.78 is 4.98. The molecule has 0 heterocycles. The number of carbonyl (C=O) groups is 2. The Kier molecular flexibility index (Phi) is 6.52. The molecule has 0 radical (unpaired) electrons. The lowest BCUT2D eigenvalue weighted by Gasteiger charge is -2.24. The van der Waals surface area contributed by atoms with Crippen LogP contribution in [0, 0.1) is 0 Å². The van der Waals surface area contributed by atoms with Crippen molar-refractivity contribution < 1.29 is 14.3 Å². The highest BCUT2D eigenvalue weighted by Gasteiger charge is 2.18. The second-order valence-corrected chi connectivity index (χ2v) is 4.43. The van der Waals surface area contributed by atoms with Crippen molar-refractivity contribution in [3.05, 3.63) is 23.8 Å². The molecular formula is C15H23N3O3. The number of carbonyl (C=O) groups excluding carboxylic acids is 2. The molecule has 0 aromatic heterocycles. The molecule has 0 spiro atoms. The van der Waals surface area contributed by atoms with Crippen LogP contribution in [-0.4, -0.2) is 38.1 Å². The van der Waals surface area contributed by atoms with E-state index >= 15 is 0 Å². The Balaban J connectivity index is 3.02. The first kappa shape index (κ1) is 16.8. The maximum atomic E-state index is 11.9. The fourth-order valence-corrected chi connectivity index (χ4v) is 2.01. The van der Waals surface area contributed by atoms with Gasteiger partial charge in [-0.2, -0.15) is 0 Å². The van der Waals surface area contributed by atoms with Gasteiger partial charge >= 0.3 is 5.97 Å². The molecule has 6 heteroatoms. The van der Waals surface area contributed by atoms with E-state index < -0.39 is 5.97 Å². The summed E-state index contributed by atoms with van der Waals surface area (Å²) in [6.07, 6.45) is 0. The summed E-state index contributed by atoms with van der Waals surface area (Å²) in [6, 6.07) is 5.15. The largest absolute Gasteiger partial charge is 0.462 e. The van der Waals surface area contributed by atoms with Gasteiger partial charge in [0, 0.05) is 13.1 Å². The first-order valence-electron chi connectivity index (χ1n) is 7.12. The van der Waals surface area contributed by atoms with E-state index in [1.165, 1.54) is 0 Å². The standard InChI is InChI=1S/C15H23N3O3/c1-4-17-13(19)10-18(5-2)12-9-7-8-11(14(12)16)15(20)21-6-3/h7-9H,4-6,10,16H2,1-3H3,(H,17,19).